The van der Waals surface area contributed by atoms with E-state index in [1.807, 2.05) is 36.7 Å². The van der Waals surface area contributed by atoms with Crippen molar-refractivity contribution in [3.8, 4) is 0 Å². The molecule has 0 aliphatic carbocycles. The third kappa shape index (κ3) is 2.83. The van der Waals surface area contributed by atoms with Crippen molar-refractivity contribution in [2.75, 3.05) is 5.32 Å². The Morgan fingerprint density at radius 2 is 2.00 bits per heavy atom. The molecular formula is C15H14N4S. The van der Waals surface area contributed by atoms with Gasteiger partial charge in [-0.05, 0) is 12.5 Å². The molecule has 3 rings (SSSR count). The van der Waals surface area contributed by atoms with Gasteiger partial charge in [0.15, 0.2) is 0 Å². The van der Waals surface area contributed by atoms with Gasteiger partial charge in [0.1, 0.15) is 16.9 Å². The molecule has 100 valence electrons. The average molecular weight is 282 g/mol. The average Bonchev–Trinajstić information content (AvgIpc) is 3.00. The van der Waals surface area contributed by atoms with E-state index in [0.717, 1.165) is 22.1 Å². The van der Waals surface area contributed by atoms with E-state index in [-0.39, 0.29) is 6.04 Å². The van der Waals surface area contributed by atoms with Crippen molar-refractivity contribution < 1.29 is 0 Å². The summed E-state index contributed by atoms with van der Waals surface area (Å²) < 4.78 is 0. The molecule has 1 N–H and O–H groups in total. The summed E-state index contributed by atoms with van der Waals surface area (Å²) in [6.07, 6.45) is 5.29. The summed E-state index contributed by atoms with van der Waals surface area (Å²) in [5.74, 6) is 0.758. The number of benzene rings is 1. The number of hydrogen-bond donors (Lipinski definition) is 1. The fourth-order valence-corrected chi connectivity index (χ4v) is 2.71. The maximum atomic E-state index is 4.45. The van der Waals surface area contributed by atoms with Gasteiger partial charge in [-0.25, -0.2) is 9.97 Å². The summed E-state index contributed by atoms with van der Waals surface area (Å²) in [6.45, 7) is 1.93. The second-order valence-corrected chi connectivity index (χ2v) is 5.33. The Morgan fingerprint density at radius 3 is 2.70 bits per heavy atom. The Labute approximate surface area is 121 Å². The lowest BCUT2D eigenvalue weighted by molar-refractivity contribution is 0.902. The summed E-state index contributed by atoms with van der Waals surface area (Å²) in [5, 5.41) is 6.41. The Morgan fingerprint density at radius 1 is 1.15 bits per heavy atom. The lowest BCUT2D eigenvalue weighted by Gasteiger charge is -2.17. The summed E-state index contributed by atoms with van der Waals surface area (Å²) in [5.41, 5.74) is 2.05. The van der Waals surface area contributed by atoms with Gasteiger partial charge >= 0.3 is 0 Å². The van der Waals surface area contributed by atoms with Crippen LogP contribution in [0.3, 0.4) is 0 Å². The van der Waals surface area contributed by atoms with Crippen molar-refractivity contribution in [1.82, 2.24) is 15.0 Å². The number of nitrogens with one attached hydrogen (secondary N) is 1. The minimum Gasteiger partial charge on any atom is -0.356 e. The summed E-state index contributed by atoms with van der Waals surface area (Å²) >= 11 is 1.63. The molecule has 1 aromatic carbocycles. The molecule has 1 atom stereocenters. The smallest absolute Gasteiger partial charge is 0.145 e. The molecule has 0 aliphatic heterocycles. The normalized spacial score (nSPS) is 12.1. The first kappa shape index (κ1) is 12.7. The molecular weight excluding hydrogens is 268 g/mol. The molecule has 0 aliphatic rings. The zero-order valence-electron chi connectivity index (χ0n) is 11.0. The van der Waals surface area contributed by atoms with Crippen LogP contribution in [0.15, 0.2) is 54.3 Å². The minimum atomic E-state index is -0.00713. The van der Waals surface area contributed by atoms with Gasteiger partial charge in [-0.2, -0.15) is 0 Å². The monoisotopic (exact) mass is 282 g/mol. The molecule has 0 saturated carbocycles. The van der Waals surface area contributed by atoms with Crippen LogP contribution in [0.2, 0.25) is 0 Å². The highest BCUT2D eigenvalue weighted by Crippen LogP contribution is 2.27. The van der Waals surface area contributed by atoms with E-state index in [1.54, 1.807) is 23.7 Å². The first-order chi connectivity index (χ1) is 9.83. The highest BCUT2D eigenvalue weighted by atomic mass is 32.1. The van der Waals surface area contributed by atoms with Crippen molar-refractivity contribution in [3.63, 3.8) is 0 Å². The molecule has 3 aromatic rings. The molecule has 0 radical (unpaired) electrons. The van der Waals surface area contributed by atoms with Gasteiger partial charge in [0, 0.05) is 17.8 Å². The van der Waals surface area contributed by atoms with Gasteiger partial charge in [0.05, 0.1) is 11.9 Å². The van der Waals surface area contributed by atoms with E-state index in [1.165, 1.54) is 0 Å². The molecule has 0 spiro atoms. The van der Waals surface area contributed by atoms with Crippen LogP contribution in [-0.2, 0) is 0 Å². The number of nitrogens with zero attached hydrogens (tertiary/aromatic N) is 3. The SMILES string of the molecule is Cc1cncc(NC(c2ccccc2)c2nccs2)n1. The lowest BCUT2D eigenvalue weighted by Crippen LogP contribution is -2.13. The molecule has 0 amide bonds. The van der Waals surface area contributed by atoms with E-state index in [9.17, 15) is 0 Å². The zero-order valence-corrected chi connectivity index (χ0v) is 11.8. The number of aryl methyl sites for hydroxylation is 1. The van der Waals surface area contributed by atoms with Gasteiger partial charge in [-0.15, -0.1) is 11.3 Å². The Kier molecular flexibility index (Phi) is 3.69. The maximum absolute atomic E-state index is 4.45. The number of aromatic nitrogens is 3. The number of rotatable bonds is 4. The van der Waals surface area contributed by atoms with Gasteiger partial charge in [-0.3, -0.25) is 4.98 Å². The number of hydrogen-bond acceptors (Lipinski definition) is 5. The van der Waals surface area contributed by atoms with E-state index in [4.69, 9.17) is 0 Å². The first-order valence-electron chi connectivity index (χ1n) is 6.32. The van der Waals surface area contributed by atoms with E-state index in [0.29, 0.717) is 0 Å². The second kappa shape index (κ2) is 5.79. The van der Waals surface area contributed by atoms with Crippen LogP contribution in [0.25, 0.3) is 0 Å². The van der Waals surface area contributed by atoms with Crippen molar-refractivity contribution in [3.05, 3.63) is 70.6 Å². The van der Waals surface area contributed by atoms with Gasteiger partial charge in [0.25, 0.3) is 0 Å². The van der Waals surface area contributed by atoms with E-state index >= 15 is 0 Å². The highest BCUT2D eigenvalue weighted by molar-refractivity contribution is 7.09. The maximum Gasteiger partial charge on any atom is 0.145 e. The molecule has 5 heteroatoms. The van der Waals surface area contributed by atoms with Crippen LogP contribution in [0.1, 0.15) is 22.3 Å². The summed E-state index contributed by atoms with van der Waals surface area (Å²) in [6, 6.07) is 10.2. The van der Waals surface area contributed by atoms with Crippen LogP contribution < -0.4 is 5.32 Å². The fourth-order valence-electron chi connectivity index (χ4n) is 1.99. The predicted molar refractivity (Wildman–Crippen MR) is 80.8 cm³/mol. The van der Waals surface area contributed by atoms with Crippen LogP contribution in [0.5, 0.6) is 0 Å². The first-order valence-corrected chi connectivity index (χ1v) is 7.20. The Balaban J connectivity index is 1.95. The molecule has 0 fully saturated rings. The molecule has 1 unspecified atom stereocenters. The van der Waals surface area contributed by atoms with Crippen LogP contribution in [0, 0.1) is 6.92 Å². The summed E-state index contributed by atoms with van der Waals surface area (Å²) in [4.78, 5) is 13.0. The molecule has 4 nitrogen and oxygen atoms in total. The van der Waals surface area contributed by atoms with Crippen LogP contribution >= 0.6 is 11.3 Å². The van der Waals surface area contributed by atoms with Crippen LogP contribution in [-0.4, -0.2) is 15.0 Å². The second-order valence-electron chi connectivity index (χ2n) is 4.40. The molecule has 2 heterocycles. The summed E-state index contributed by atoms with van der Waals surface area (Å²) in [7, 11) is 0. The third-order valence-electron chi connectivity index (χ3n) is 2.88. The predicted octanol–water partition coefficient (Wildman–Crippen LogP) is 3.44. The topological polar surface area (TPSA) is 50.7 Å². The van der Waals surface area contributed by atoms with E-state index in [2.05, 4.69) is 32.4 Å². The van der Waals surface area contributed by atoms with Crippen molar-refractivity contribution in [1.29, 1.82) is 0 Å². The molecule has 0 saturated heterocycles. The van der Waals surface area contributed by atoms with Crippen LogP contribution in [0.4, 0.5) is 5.82 Å². The standard InChI is InChI=1S/C15H14N4S/c1-11-9-16-10-13(18-11)19-14(15-17-7-8-20-15)12-5-3-2-4-6-12/h2-10,14H,1H3,(H,18,19). The molecule has 2 aromatic heterocycles. The van der Waals surface area contributed by atoms with Crippen molar-refractivity contribution in [2.24, 2.45) is 0 Å². The molecule has 0 bridgehead atoms. The van der Waals surface area contributed by atoms with Gasteiger partial charge < -0.3 is 5.32 Å². The van der Waals surface area contributed by atoms with Gasteiger partial charge in [0.2, 0.25) is 0 Å². The molecule has 20 heavy (non-hydrogen) atoms. The minimum absolute atomic E-state index is 0.00713. The third-order valence-corrected chi connectivity index (χ3v) is 3.72. The quantitative estimate of drug-likeness (QED) is 0.796. The number of anilines is 1. The largest absolute Gasteiger partial charge is 0.356 e. The van der Waals surface area contributed by atoms with Crippen molar-refractivity contribution >= 4 is 17.2 Å². The Hall–Kier alpha value is -2.27. The Bertz CT molecular complexity index is 667. The number of thiazole rings is 1. The lowest BCUT2D eigenvalue weighted by atomic mass is 10.1. The highest BCUT2D eigenvalue weighted by Gasteiger charge is 2.16. The van der Waals surface area contributed by atoms with Crippen molar-refractivity contribution in [2.45, 2.75) is 13.0 Å². The van der Waals surface area contributed by atoms with E-state index < -0.39 is 0 Å². The van der Waals surface area contributed by atoms with Gasteiger partial charge in [-0.1, -0.05) is 30.3 Å². The fraction of sp³-hybridized carbons (Fsp3) is 0.133. The zero-order chi connectivity index (χ0) is 13.8.